The minimum absolute atomic E-state index is 0.00645. The third-order valence-electron chi connectivity index (χ3n) is 2.43. The number of carbonyl (C=O) groups excluding carboxylic acids is 1. The molecule has 1 rings (SSSR count). The van der Waals surface area contributed by atoms with E-state index in [4.69, 9.17) is 15.2 Å². The van der Waals surface area contributed by atoms with Crippen molar-refractivity contribution in [2.45, 2.75) is 12.5 Å². The lowest BCUT2D eigenvalue weighted by molar-refractivity contribution is -0.123. The predicted octanol–water partition coefficient (Wildman–Crippen LogP) is 0.545. The first kappa shape index (κ1) is 14.5. The first-order valence-electron chi connectivity index (χ1n) is 5.92. The van der Waals surface area contributed by atoms with Gasteiger partial charge in [0, 0.05) is 26.3 Å². The van der Waals surface area contributed by atoms with E-state index >= 15 is 0 Å². The van der Waals surface area contributed by atoms with E-state index in [9.17, 15) is 4.79 Å². The lowest BCUT2D eigenvalue weighted by atomic mass is 10.2. The van der Waals surface area contributed by atoms with Crippen molar-refractivity contribution in [2.75, 3.05) is 26.9 Å². The molecular weight excluding hydrogens is 232 g/mol. The van der Waals surface area contributed by atoms with Crippen LogP contribution in [0.2, 0.25) is 0 Å². The molecule has 1 aromatic rings. The van der Waals surface area contributed by atoms with Crippen LogP contribution < -0.4 is 15.8 Å². The minimum atomic E-state index is -0.176. The Hall–Kier alpha value is -1.59. The molecule has 0 saturated carbocycles. The molecule has 0 aliphatic heterocycles. The molecule has 0 aromatic heterocycles. The third-order valence-corrected chi connectivity index (χ3v) is 2.43. The van der Waals surface area contributed by atoms with Crippen LogP contribution in [0.4, 0.5) is 0 Å². The molecule has 18 heavy (non-hydrogen) atoms. The molecule has 1 aromatic carbocycles. The maximum atomic E-state index is 11.6. The number of hydrogen-bond acceptors (Lipinski definition) is 4. The van der Waals surface area contributed by atoms with Gasteiger partial charge in [0.05, 0.1) is 0 Å². The minimum Gasteiger partial charge on any atom is -0.484 e. The number of para-hydroxylation sites is 1. The third kappa shape index (κ3) is 5.65. The fourth-order valence-corrected chi connectivity index (χ4v) is 1.44. The van der Waals surface area contributed by atoms with Gasteiger partial charge in [0.1, 0.15) is 5.75 Å². The quantitative estimate of drug-likeness (QED) is 0.708. The van der Waals surface area contributed by atoms with Crippen LogP contribution in [0.5, 0.6) is 5.75 Å². The van der Waals surface area contributed by atoms with E-state index in [0.29, 0.717) is 25.3 Å². The molecule has 0 heterocycles. The van der Waals surface area contributed by atoms with E-state index in [1.807, 2.05) is 18.2 Å². The highest BCUT2D eigenvalue weighted by Crippen LogP contribution is 2.07. The van der Waals surface area contributed by atoms with Gasteiger partial charge in [-0.2, -0.15) is 0 Å². The average Bonchev–Trinajstić information content (AvgIpc) is 2.42. The molecule has 0 aliphatic rings. The Morgan fingerprint density at radius 1 is 1.39 bits per heavy atom. The van der Waals surface area contributed by atoms with Gasteiger partial charge < -0.3 is 20.5 Å². The zero-order valence-corrected chi connectivity index (χ0v) is 10.6. The van der Waals surface area contributed by atoms with Crippen molar-refractivity contribution < 1.29 is 14.3 Å². The van der Waals surface area contributed by atoms with Crippen LogP contribution in [0.1, 0.15) is 6.42 Å². The molecule has 0 radical (unpaired) electrons. The number of methoxy groups -OCH3 is 1. The highest BCUT2D eigenvalue weighted by molar-refractivity contribution is 5.77. The highest BCUT2D eigenvalue weighted by Gasteiger charge is 2.10. The predicted molar refractivity (Wildman–Crippen MR) is 69.4 cm³/mol. The van der Waals surface area contributed by atoms with E-state index in [1.165, 1.54) is 0 Å². The standard InChI is InChI=1S/C13H20N2O3/c1-17-8-7-11(9-14)15-13(16)10-18-12-5-3-2-4-6-12/h2-6,11H,7-10,14H2,1H3,(H,15,16). The molecule has 3 N–H and O–H groups in total. The summed E-state index contributed by atoms with van der Waals surface area (Å²) in [6.45, 7) is 0.954. The van der Waals surface area contributed by atoms with Crippen LogP contribution in [0.25, 0.3) is 0 Å². The van der Waals surface area contributed by atoms with Crippen LogP contribution in [-0.4, -0.2) is 38.8 Å². The largest absolute Gasteiger partial charge is 0.484 e. The molecule has 1 amide bonds. The van der Waals surface area contributed by atoms with Gasteiger partial charge in [-0.3, -0.25) is 4.79 Å². The van der Waals surface area contributed by atoms with Gasteiger partial charge in [0.15, 0.2) is 6.61 Å². The van der Waals surface area contributed by atoms with Gasteiger partial charge >= 0.3 is 0 Å². The van der Waals surface area contributed by atoms with Crippen LogP contribution in [-0.2, 0) is 9.53 Å². The van der Waals surface area contributed by atoms with Crippen molar-refractivity contribution in [3.63, 3.8) is 0 Å². The Morgan fingerprint density at radius 2 is 2.11 bits per heavy atom. The molecule has 5 heteroatoms. The van der Waals surface area contributed by atoms with E-state index in [2.05, 4.69) is 5.32 Å². The summed E-state index contributed by atoms with van der Waals surface area (Å²) in [5, 5.41) is 2.80. The molecule has 0 spiro atoms. The zero-order chi connectivity index (χ0) is 13.2. The number of carbonyl (C=O) groups is 1. The van der Waals surface area contributed by atoms with Crippen LogP contribution in [0, 0.1) is 0 Å². The summed E-state index contributed by atoms with van der Waals surface area (Å²) in [6.07, 6.45) is 0.698. The number of amides is 1. The molecule has 1 atom stereocenters. The van der Waals surface area contributed by atoms with Crippen molar-refractivity contribution >= 4 is 5.91 Å². The molecular formula is C13H20N2O3. The summed E-state index contributed by atoms with van der Waals surface area (Å²) in [5.74, 6) is 0.499. The summed E-state index contributed by atoms with van der Waals surface area (Å²) >= 11 is 0. The Bertz CT molecular complexity index is 343. The maximum absolute atomic E-state index is 11.6. The molecule has 100 valence electrons. The lowest BCUT2D eigenvalue weighted by Gasteiger charge is -2.16. The number of nitrogens with one attached hydrogen (secondary N) is 1. The molecule has 1 unspecified atom stereocenters. The lowest BCUT2D eigenvalue weighted by Crippen LogP contribution is -2.43. The second-order valence-corrected chi connectivity index (χ2v) is 3.88. The first-order valence-corrected chi connectivity index (χ1v) is 5.92. The van der Waals surface area contributed by atoms with Gasteiger partial charge in [-0.05, 0) is 18.6 Å². The summed E-state index contributed by atoms with van der Waals surface area (Å²) in [6, 6.07) is 9.14. The second kappa shape index (κ2) is 8.49. The molecule has 0 saturated heterocycles. The molecule has 0 bridgehead atoms. The number of rotatable bonds is 8. The van der Waals surface area contributed by atoms with Gasteiger partial charge in [-0.1, -0.05) is 18.2 Å². The van der Waals surface area contributed by atoms with Gasteiger partial charge in [-0.25, -0.2) is 0 Å². The van der Waals surface area contributed by atoms with Gasteiger partial charge in [0.2, 0.25) is 0 Å². The van der Waals surface area contributed by atoms with Crippen LogP contribution >= 0.6 is 0 Å². The monoisotopic (exact) mass is 252 g/mol. The molecule has 0 fully saturated rings. The summed E-state index contributed by atoms with van der Waals surface area (Å²) in [4.78, 5) is 11.6. The van der Waals surface area contributed by atoms with Gasteiger partial charge in [-0.15, -0.1) is 0 Å². The highest BCUT2D eigenvalue weighted by atomic mass is 16.5. The van der Waals surface area contributed by atoms with E-state index in [0.717, 1.165) is 0 Å². The Morgan fingerprint density at radius 3 is 2.72 bits per heavy atom. The fourth-order valence-electron chi connectivity index (χ4n) is 1.44. The van der Waals surface area contributed by atoms with Crippen molar-refractivity contribution in [2.24, 2.45) is 5.73 Å². The fraction of sp³-hybridized carbons (Fsp3) is 0.462. The van der Waals surface area contributed by atoms with Crippen molar-refractivity contribution in [1.29, 1.82) is 0 Å². The molecule has 5 nitrogen and oxygen atoms in total. The first-order chi connectivity index (χ1) is 8.76. The van der Waals surface area contributed by atoms with Crippen LogP contribution in [0.3, 0.4) is 0 Å². The van der Waals surface area contributed by atoms with Crippen molar-refractivity contribution in [3.05, 3.63) is 30.3 Å². The van der Waals surface area contributed by atoms with Crippen molar-refractivity contribution in [3.8, 4) is 5.75 Å². The SMILES string of the molecule is COCCC(CN)NC(=O)COc1ccccc1. The summed E-state index contributed by atoms with van der Waals surface area (Å²) in [5.41, 5.74) is 5.56. The van der Waals surface area contributed by atoms with Gasteiger partial charge in [0.25, 0.3) is 5.91 Å². The Kier molecular flexibility index (Phi) is 6.83. The maximum Gasteiger partial charge on any atom is 0.258 e. The number of benzene rings is 1. The Labute approximate surface area is 107 Å². The molecule has 0 aliphatic carbocycles. The topological polar surface area (TPSA) is 73.6 Å². The summed E-state index contributed by atoms with van der Waals surface area (Å²) < 4.78 is 10.3. The Balaban J connectivity index is 2.28. The average molecular weight is 252 g/mol. The van der Waals surface area contributed by atoms with Crippen molar-refractivity contribution in [1.82, 2.24) is 5.32 Å². The number of ether oxygens (including phenoxy) is 2. The van der Waals surface area contributed by atoms with E-state index < -0.39 is 0 Å². The van der Waals surface area contributed by atoms with E-state index in [-0.39, 0.29) is 18.6 Å². The normalized spacial score (nSPS) is 11.9. The van der Waals surface area contributed by atoms with Crippen LogP contribution in [0.15, 0.2) is 30.3 Å². The van der Waals surface area contributed by atoms with E-state index in [1.54, 1.807) is 19.2 Å². The number of hydrogen-bond donors (Lipinski definition) is 2. The number of nitrogens with two attached hydrogens (primary N) is 1. The summed E-state index contributed by atoms with van der Waals surface area (Å²) in [7, 11) is 1.62. The zero-order valence-electron chi connectivity index (χ0n) is 10.6. The smallest absolute Gasteiger partial charge is 0.258 e. The second-order valence-electron chi connectivity index (χ2n) is 3.88.